The summed E-state index contributed by atoms with van der Waals surface area (Å²) in [4.78, 5) is 0. The first kappa shape index (κ1) is 8.02. The molecule has 1 aliphatic heterocycles. The molecule has 2 nitrogen and oxygen atoms in total. The molecule has 1 aliphatic rings. The molecule has 1 heterocycles. The highest BCUT2D eigenvalue weighted by Crippen LogP contribution is 2.18. The predicted octanol–water partition coefficient (Wildman–Crippen LogP) is 1.16. The second kappa shape index (κ2) is 2.89. The van der Waals surface area contributed by atoms with E-state index >= 15 is 0 Å². The van der Waals surface area contributed by atoms with Gasteiger partial charge in [-0.2, -0.15) is 0 Å². The molecule has 0 bridgehead atoms. The average Bonchev–Trinajstić information content (AvgIpc) is 1.79. The van der Waals surface area contributed by atoms with Crippen molar-refractivity contribution in [1.29, 1.82) is 0 Å². The van der Waals surface area contributed by atoms with E-state index in [2.05, 4.69) is 26.1 Å². The van der Waals surface area contributed by atoms with Crippen LogP contribution < -0.4 is 5.32 Å². The lowest BCUT2D eigenvalue weighted by molar-refractivity contribution is 0.0101. The Bertz CT molecular complexity index is 108. The largest absolute Gasteiger partial charge is 0.377 e. The van der Waals surface area contributed by atoms with Crippen LogP contribution in [0.25, 0.3) is 0 Å². The van der Waals surface area contributed by atoms with Crippen LogP contribution >= 0.6 is 0 Å². The van der Waals surface area contributed by atoms with Crippen molar-refractivity contribution in [2.75, 3.05) is 13.2 Å². The molecule has 0 aromatic rings. The van der Waals surface area contributed by atoms with E-state index in [0.717, 1.165) is 13.2 Å². The van der Waals surface area contributed by atoms with Crippen molar-refractivity contribution in [1.82, 2.24) is 5.32 Å². The highest BCUT2D eigenvalue weighted by molar-refractivity contribution is 4.92. The minimum atomic E-state index is 0.282. The van der Waals surface area contributed by atoms with Gasteiger partial charge in [-0.05, 0) is 33.7 Å². The van der Waals surface area contributed by atoms with Gasteiger partial charge in [0.2, 0.25) is 0 Å². The van der Waals surface area contributed by atoms with E-state index in [0.29, 0.717) is 6.10 Å². The third kappa shape index (κ3) is 1.96. The van der Waals surface area contributed by atoms with Gasteiger partial charge < -0.3 is 10.1 Å². The Morgan fingerprint density at radius 3 is 2.50 bits per heavy atom. The molecule has 0 aromatic heterocycles. The molecule has 1 atom stereocenters. The lowest BCUT2D eigenvalue weighted by Crippen LogP contribution is -2.57. The highest BCUT2D eigenvalue weighted by atomic mass is 16.5. The summed E-state index contributed by atoms with van der Waals surface area (Å²) in [5.74, 6) is 0. The summed E-state index contributed by atoms with van der Waals surface area (Å²) >= 11 is 0. The van der Waals surface area contributed by atoms with Gasteiger partial charge in [-0.25, -0.2) is 0 Å². The molecule has 1 saturated heterocycles. The van der Waals surface area contributed by atoms with Crippen LogP contribution in [0.4, 0.5) is 0 Å². The zero-order valence-electron chi connectivity index (χ0n) is 7.11. The highest BCUT2D eigenvalue weighted by Gasteiger charge is 2.31. The summed E-state index contributed by atoms with van der Waals surface area (Å²) in [6.45, 7) is 8.35. The van der Waals surface area contributed by atoms with Gasteiger partial charge in [-0.15, -0.1) is 0 Å². The Kier molecular flexibility index (Phi) is 2.32. The first-order valence-electron chi connectivity index (χ1n) is 3.99. The van der Waals surface area contributed by atoms with E-state index in [-0.39, 0.29) is 5.54 Å². The van der Waals surface area contributed by atoms with Gasteiger partial charge in [0, 0.05) is 5.54 Å². The van der Waals surface area contributed by atoms with E-state index in [1.54, 1.807) is 0 Å². The van der Waals surface area contributed by atoms with Crippen LogP contribution in [0, 0.1) is 0 Å². The van der Waals surface area contributed by atoms with Gasteiger partial charge >= 0.3 is 0 Å². The van der Waals surface area contributed by atoms with Crippen molar-refractivity contribution in [2.24, 2.45) is 0 Å². The Morgan fingerprint density at radius 2 is 2.20 bits per heavy atom. The summed E-state index contributed by atoms with van der Waals surface area (Å²) < 4.78 is 5.49. The molecule has 0 unspecified atom stereocenters. The van der Waals surface area contributed by atoms with Crippen LogP contribution in [0.3, 0.4) is 0 Å². The van der Waals surface area contributed by atoms with Gasteiger partial charge in [0.1, 0.15) is 0 Å². The summed E-state index contributed by atoms with van der Waals surface area (Å²) in [5, 5.41) is 3.35. The fraction of sp³-hybridized carbons (Fsp3) is 1.00. The van der Waals surface area contributed by atoms with Crippen LogP contribution in [0.5, 0.6) is 0 Å². The van der Waals surface area contributed by atoms with Gasteiger partial charge in [0.15, 0.2) is 0 Å². The predicted molar refractivity (Wildman–Crippen MR) is 42.1 cm³/mol. The number of nitrogens with one attached hydrogen (secondary N) is 1. The van der Waals surface area contributed by atoms with Crippen LogP contribution in [0.15, 0.2) is 0 Å². The van der Waals surface area contributed by atoms with E-state index in [9.17, 15) is 0 Å². The summed E-state index contributed by atoms with van der Waals surface area (Å²) in [7, 11) is 0. The van der Waals surface area contributed by atoms with E-state index < -0.39 is 0 Å². The lowest BCUT2D eigenvalue weighted by atomic mass is 9.91. The van der Waals surface area contributed by atoms with Crippen molar-refractivity contribution in [3.63, 3.8) is 0 Å². The quantitative estimate of drug-likeness (QED) is 0.640. The molecule has 1 N–H and O–H groups in total. The van der Waals surface area contributed by atoms with Crippen molar-refractivity contribution in [3.05, 3.63) is 0 Å². The SMILES string of the molecule is CC(C)OC[C@@]1(C)CCN1. The molecule has 0 aliphatic carbocycles. The molecular formula is C8H17NO. The zero-order valence-corrected chi connectivity index (χ0v) is 7.11. The molecule has 0 saturated carbocycles. The Morgan fingerprint density at radius 1 is 1.60 bits per heavy atom. The molecule has 0 spiro atoms. The minimum absolute atomic E-state index is 0.282. The van der Waals surface area contributed by atoms with E-state index in [1.165, 1.54) is 6.42 Å². The van der Waals surface area contributed by atoms with Crippen LogP contribution in [0.2, 0.25) is 0 Å². The molecule has 1 fully saturated rings. The maximum atomic E-state index is 5.49. The van der Waals surface area contributed by atoms with Crippen LogP contribution in [-0.4, -0.2) is 24.8 Å². The third-order valence-electron chi connectivity index (χ3n) is 1.96. The molecule has 0 aromatic carbocycles. The number of hydrogen-bond acceptors (Lipinski definition) is 2. The maximum Gasteiger partial charge on any atom is 0.0649 e. The first-order valence-corrected chi connectivity index (χ1v) is 3.99. The molecule has 0 amide bonds. The van der Waals surface area contributed by atoms with Gasteiger partial charge in [-0.3, -0.25) is 0 Å². The topological polar surface area (TPSA) is 21.3 Å². The molecule has 10 heavy (non-hydrogen) atoms. The van der Waals surface area contributed by atoms with Crippen molar-refractivity contribution in [3.8, 4) is 0 Å². The normalized spacial score (nSPS) is 32.4. The van der Waals surface area contributed by atoms with E-state index in [4.69, 9.17) is 4.74 Å². The number of hydrogen-bond donors (Lipinski definition) is 1. The summed E-state index contributed by atoms with van der Waals surface area (Å²) in [5.41, 5.74) is 0.282. The number of rotatable bonds is 3. The fourth-order valence-electron chi connectivity index (χ4n) is 1.03. The Balaban J connectivity index is 2.12. The minimum Gasteiger partial charge on any atom is -0.377 e. The van der Waals surface area contributed by atoms with Crippen molar-refractivity contribution in [2.45, 2.75) is 38.8 Å². The van der Waals surface area contributed by atoms with Gasteiger partial charge in [-0.1, -0.05) is 0 Å². The monoisotopic (exact) mass is 143 g/mol. The van der Waals surface area contributed by atoms with Crippen LogP contribution in [-0.2, 0) is 4.74 Å². The standard InChI is InChI=1S/C8H17NO/c1-7(2)10-6-8(3)4-5-9-8/h7,9H,4-6H2,1-3H3/t8-/m1/s1. The lowest BCUT2D eigenvalue weighted by Gasteiger charge is -2.40. The average molecular weight is 143 g/mol. The first-order chi connectivity index (χ1) is 4.62. The number of ether oxygens (including phenoxy) is 1. The second-order valence-electron chi connectivity index (χ2n) is 3.60. The Labute approximate surface area is 63.0 Å². The molecule has 0 radical (unpaired) electrons. The van der Waals surface area contributed by atoms with Gasteiger partial charge in [0.05, 0.1) is 12.7 Å². The molecular weight excluding hydrogens is 126 g/mol. The van der Waals surface area contributed by atoms with Crippen molar-refractivity contribution >= 4 is 0 Å². The molecule has 60 valence electrons. The molecule has 2 heteroatoms. The Hall–Kier alpha value is -0.0800. The fourth-order valence-corrected chi connectivity index (χ4v) is 1.03. The van der Waals surface area contributed by atoms with Crippen LogP contribution in [0.1, 0.15) is 27.2 Å². The molecule has 1 rings (SSSR count). The smallest absolute Gasteiger partial charge is 0.0649 e. The van der Waals surface area contributed by atoms with Gasteiger partial charge in [0.25, 0.3) is 0 Å². The second-order valence-corrected chi connectivity index (χ2v) is 3.60. The summed E-state index contributed by atoms with van der Waals surface area (Å²) in [6.07, 6.45) is 1.61. The maximum absolute atomic E-state index is 5.49. The summed E-state index contributed by atoms with van der Waals surface area (Å²) in [6, 6.07) is 0. The van der Waals surface area contributed by atoms with Crippen molar-refractivity contribution < 1.29 is 4.74 Å². The van der Waals surface area contributed by atoms with E-state index in [1.807, 2.05) is 0 Å². The third-order valence-corrected chi connectivity index (χ3v) is 1.96. The zero-order chi connectivity index (χ0) is 7.61.